The van der Waals surface area contributed by atoms with Gasteiger partial charge in [0.15, 0.2) is 0 Å². The zero-order valence-electron chi connectivity index (χ0n) is 19.0. The molecule has 1 N–H and O–H groups in total. The van der Waals surface area contributed by atoms with Crippen LogP contribution in [0.15, 0.2) is 71.6 Å². The first kappa shape index (κ1) is 22.5. The van der Waals surface area contributed by atoms with Crippen LogP contribution in [0.25, 0.3) is 21.8 Å². The minimum absolute atomic E-state index is 0.0966. The number of nitrogens with one attached hydrogen (secondary N) is 1. The fraction of sp³-hybridized carbons (Fsp3) is 0.280. The molecule has 3 aromatic carbocycles. The highest BCUT2D eigenvalue weighted by Crippen LogP contribution is 2.29. The molecule has 0 bridgehead atoms. The molecule has 2 heterocycles. The van der Waals surface area contributed by atoms with Gasteiger partial charge in [-0.2, -0.15) is 4.31 Å². The van der Waals surface area contributed by atoms with Gasteiger partial charge in [-0.05, 0) is 37.3 Å². The van der Waals surface area contributed by atoms with Crippen LogP contribution >= 0.6 is 0 Å². The van der Waals surface area contributed by atoms with Crippen molar-refractivity contribution in [1.82, 2.24) is 8.87 Å². The average molecular weight is 480 g/mol. The van der Waals surface area contributed by atoms with E-state index in [0.717, 1.165) is 13.1 Å². The topological polar surface area (TPSA) is 89.9 Å². The Morgan fingerprint density at radius 3 is 2.29 bits per heavy atom. The van der Waals surface area contributed by atoms with Crippen molar-refractivity contribution < 1.29 is 18.2 Å². The fourth-order valence-corrected chi connectivity index (χ4v) is 6.39. The summed E-state index contributed by atoms with van der Waals surface area (Å²) in [5.41, 5.74) is 3.61. The van der Waals surface area contributed by atoms with Crippen LogP contribution in [0.1, 0.15) is 12.5 Å². The summed E-state index contributed by atoms with van der Waals surface area (Å²) in [6.45, 7) is 6.18. The van der Waals surface area contributed by atoms with Crippen LogP contribution in [0.3, 0.4) is 0 Å². The summed E-state index contributed by atoms with van der Waals surface area (Å²) in [6.07, 6.45) is 0. The first-order chi connectivity index (χ1) is 16.4. The van der Waals surface area contributed by atoms with E-state index in [1.807, 2.05) is 0 Å². The van der Waals surface area contributed by atoms with Crippen molar-refractivity contribution >= 4 is 37.5 Å². The van der Waals surface area contributed by atoms with Crippen molar-refractivity contribution in [3.63, 3.8) is 0 Å². The summed E-state index contributed by atoms with van der Waals surface area (Å²) in [5, 5.41) is 13.4. The third kappa shape index (κ3) is 3.96. The Kier molecular flexibility index (Phi) is 5.85. The lowest BCUT2D eigenvalue weighted by molar-refractivity contribution is -0.917. The van der Waals surface area contributed by atoms with Gasteiger partial charge in [-0.1, -0.05) is 24.3 Å². The van der Waals surface area contributed by atoms with Crippen LogP contribution in [0.5, 0.6) is 0 Å². The van der Waals surface area contributed by atoms with Crippen LogP contribution in [0.2, 0.25) is 0 Å². The number of nitro groups is 1. The Hall–Kier alpha value is -3.27. The van der Waals surface area contributed by atoms with E-state index in [-0.39, 0.29) is 10.6 Å². The van der Waals surface area contributed by atoms with Gasteiger partial charge in [-0.3, -0.25) is 10.1 Å². The maximum atomic E-state index is 13.0. The number of nitro benzene ring substituents is 1. The highest BCUT2D eigenvalue weighted by molar-refractivity contribution is 7.89. The van der Waals surface area contributed by atoms with E-state index in [9.17, 15) is 18.5 Å². The molecule has 4 aromatic rings. The molecule has 176 valence electrons. The molecule has 0 saturated carbocycles. The van der Waals surface area contributed by atoms with E-state index in [2.05, 4.69) is 54.0 Å². The van der Waals surface area contributed by atoms with Crippen LogP contribution < -0.4 is 4.90 Å². The number of non-ortho nitro benzene ring substituents is 1. The zero-order valence-corrected chi connectivity index (χ0v) is 19.8. The molecule has 1 fully saturated rings. The number of piperazine rings is 1. The Morgan fingerprint density at radius 1 is 0.941 bits per heavy atom. The second kappa shape index (κ2) is 8.83. The smallest absolute Gasteiger partial charge is 0.269 e. The summed E-state index contributed by atoms with van der Waals surface area (Å²) in [6, 6.07) is 20.2. The van der Waals surface area contributed by atoms with Gasteiger partial charge in [-0.15, -0.1) is 0 Å². The van der Waals surface area contributed by atoms with Gasteiger partial charge in [0.2, 0.25) is 10.0 Å². The number of nitrogens with zero attached hydrogens (tertiary/aromatic N) is 3. The molecule has 1 saturated heterocycles. The molecule has 5 rings (SSSR count). The third-order valence-corrected chi connectivity index (χ3v) is 8.63. The largest absolute Gasteiger partial charge is 0.341 e. The molecular weight excluding hydrogens is 452 g/mol. The number of fused-ring (bicyclic) bond motifs is 3. The lowest BCUT2D eigenvalue weighted by Gasteiger charge is -2.31. The lowest BCUT2D eigenvalue weighted by Crippen LogP contribution is -3.13. The number of aromatic nitrogens is 1. The third-order valence-electron chi connectivity index (χ3n) is 6.72. The van der Waals surface area contributed by atoms with Gasteiger partial charge < -0.3 is 9.47 Å². The van der Waals surface area contributed by atoms with Crippen LogP contribution in [0, 0.1) is 10.1 Å². The van der Waals surface area contributed by atoms with Crippen molar-refractivity contribution in [2.24, 2.45) is 0 Å². The van der Waals surface area contributed by atoms with Crippen molar-refractivity contribution in [2.45, 2.75) is 24.9 Å². The molecule has 1 aromatic heterocycles. The average Bonchev–Trinajstić information content (AvgIpc) is 3.17. The number of benzene rings is 3. The van der Waals surface area contributed by atoms with Crippen LogP contribution in [0.4, 0.5) is 5.69 Å². The van der Waals surface area contributed by atoms with E-state index >= 15 is 0 Å². The second-order valence-electron chi connectivity index (χ2n) is 8.69. The number of hydrogen-bond acceptors (Lipinski definition) is 4. The number of quaternary nitrogens is 1. The van der Waals surface area contributed by atoms with Gasteiger partial charge in [0.25, 0.3) is 5.69 Å². The van der Waals surface area contributed by atoms with Crippen molar-refractivity contribution in [1.29, 1.82) is 0 Å². The Morgan fingerprint density at radius 2 is 1.62 bits per heavy atom. The fourth-order valence-electron chi connectivity index (χ4n) is 4.95. The van der Waals surface area contributed by atoms with Gasteiger partial charge in [-0.25, -0.2) is 8.42 Å². The van der Waals surface area contributed by atoms with E-state index in [1.165, 1.54) is 60.8 Å². The summed E-state index contributed by atoms with van der Waals surface area (Å²) < 4.78 is 29.8. The van der Waals surface area contributed by atoms with Gasteiger partial charge in [0.05, 0.1) is 36.0 Å². The van der Waals surface area contributed by atoms with Crippen molar-refractivity contribution in [2.75, 3.05) is 26.2 Å². The summed E-state index contributed by atoms with van der Waals surface area (Å²) in [4.78, 5) is 11.8. The first-order valence-electron chi connectivity index (χ1n) is 11.5. The van der Waals surface area contributed by atoms with Crippen LogP contribution in [-0.4, -0.2) is 48.4 Å². The van der Waals surface area contributed by atoms with Crippen molar-refractivity contribution in [3.05, 3.63) is 82.4 Å². The van der Waals surface area contributed by atoms with Gasteiger partial charge in [0.1, 0.15) is 6.54 Å². The monoisotopic (exact) mass is 479 g/mol. The molecule has 1 aliphatic heterocycles. The molecule has 1 aliphatic rings. The second-order valence-corrected chi connectivity index (χ2v) is 10.6. The quantitative estimate of drug-likeness (QED) is 0.340. The Balaban J connectivity index is 1.30. The van der Waals surface area contributed by atoms with E-state index < -0.39 is 14.9 Å². The standard InChI is InChI=1S/C25H26N4O4S/c1-2-28-24-6-4-3-5-22(24)23-17-19(7-12-25(23)28)18-26-13-15-27(16-14-26)34(32,33)21-10-8-20(9-11-21)29(30)31/h3-12,17H,2,13-16,18H2,1H3/p+1. The van der Waals surface area contributed by atoms with E-state index in [4.69, 9.17) is 0 Å². The van der Waals surface area contributed by atoms with E-state index in [0.29, 0.717) is 26.2 Å². The maximum absolute atomic E-state index is 13.0. The highest BCUT2D eigenvalue weighted by Gasteiger charge is 2.30. The molecule has 34 heavy (non-hydrogen) atoms. The summed E-state index contributed by atoms with van der Waals surface area (Å²) >= 11 is 0. The first-order valence-corrected chi connectivity index (χ1v) is 12.9. The van der Waals surface area contributed by atoms with Crippen molar-refractivity contribution in [3.8, 4) is 0 Å². The molecule has 9 heteroatoms. The molecule has 0 atom stereocenters. The molecule has 0 unspecified atom stereocenters. The van der Waals surface area contributed by atoms with Crippen LogP contribution in [-0.2, 0) is 23.1 Å². The molecule has 0 aliphatic carbocycles. The lowest BCUT2D eigenvalue weighted by atomic mass is 10.1. The number of hydrogen-bond donors (Lipinski definition) is 1. The highest BCUT2D eigenvalue weighted by atomic mass is 32.2. The SMILES string of the molecule is CCn1c2ccccc2c2cc(C[NH+]3CCN(S(=O)(=O)c4ccc([N+](=O)[O-])cc4)CC3)ccc21. The molecule has 0 amide bonds. The Labute approximate surface area is 198 Å². The number of para-hydroxylation sites is 1. The predicted molar refractivity (Wildman–Crippen MR) is 131 cm³/mol. The molecular formula is C25H27N4O4S+. The minimum Gasteiger partial charge on any atom is -0.341 e. The van der Waals surface area contributed by atoms with Gasteiger partial charge in [0, 0.05) is 46.0 Å². The van der Waals surface area contributed by atoms with Gasteiger partial charge >= 0.3 is 0 Å². The predicted octanol–water partition coefficient (Wildman–Crippen LogP) is 2.81. The molecule has 0 spiro atoms. The van der Waals surface area contributed by atoms with E-state index in [1.54, 1.807) is 0 Å². The number of rotatable bonds is 6. The number of sulfonamides is 1. The molecule has 0 radical (unpaired) electrons. The molecule has 8 nitrogen and oxygen atoms in total. The summed E-state index contributed by atoms with van der Waals surface area (Å²) in [5.74, 6) is 0. The summed E-state index contributed by atoms with van der Waals surface area (Å²) in [7, 11) is -3.66. The minimum atomic E-state index is -3.66. The Bertz CT molecular complexity index is 1470. The zero-order chi connectivity index (χ0) is 23.9. The number of aryl methyl sites for hydroxylation is 1. The normalized spacial score (nSPS) is 15.8. The maximum Gasteiger partial charge on any atom is 0.269 e.